The van der Waals surface area contributed by atoms with Crippen LogP contribution in [0.4, 0.5) is 18.0 Å². The minimum absolute atomic E-state index is 0.158. The molecule has 5 rings (SSSR count). The highest BCUT2D eigenvalue weighted by molar-refractivity contribution is 5.77. The molecule has 8 heteroatoms. The number of urea groups is 1. The zero-order valence-corrected chi connectivity index (χ0v) is 20.9. The molecule has 3 aromatic rings. The molecule has 3 amide bonds. The first-order valence-electron chi connectivity index (χ1n) is 12.9. The third kappa shape index (κ3) is 5.69. The highest BCUT2D eigenvalue weighted by Crippen LogP contribution is 2.45. The second-order valence-corrected chi connectivity index (χ2v) is 10.1. The van der Waals surface area contributed by atoms with Crippen LogP contribution < -0.4 is 11.1 Å². The van der Waals surface area contributed by atoms with Crippen molar-refractivity contribution in [2.45, 2.75) is 56.8 Å². The minimum atomic E-state index is -4.38. The van der Waals surface area contributed by atoms with Crippen LogP contribution in [0, 0.1) is 0 Å². The number of benzene rings is 3. The number of hydrogen-bond donors (Lipinski definition) is 2. The molecule has 0 saturated heterocycles. The van der Waals surface area contributed by atoms with Gasteiger partial charge >= 0.3 is 12.2 Å². The molecule has 1 aliphatic carbocycles. The number of rotatable bonds is 7. The summed E-state index contributed by atoms with van der Waals surface area (Å²) >= 11 is 0. The number of nitrogens with zero attached hydrogens (tertiary/aromatic N) is 1. The van der Waals surface area contributed by atoms with Gasteiger partial charge in [-0.1, -0.05) is 54.6 Å². The normalized spacial score (nSPS) is 16.0. The van der Waals surface area contributed by atoms with E-state index < -0.39 is 17.6 Å². The monoisotopic (exact) mass is 521 g/mol. The second-order valence-electron chi connectivity index (χ2n) is 10.1. The highest BCUT2D eigenvalue weighted by atomic mass is 19.4. The van der Waals surface area contributed by atoms with Crippen LogP contribution in [0.3, 0.4) is 0 Å². The van der Waals surface area contributed by atoms with E-state index in [4.69, 9.17) is 5.73 Å². The molecule has 1 aliphatic heterocycles. The molecule has 0 radical (unpaired) electrons. The third-order valence-corrected chi connectivity index (χ3v) is 7.45. The summed E-state index contributed by atoms with van der Waals surface area (Å²) in [5.41, 5.74) is 10.7. The number of fused-ring (bicyclic) bond motifs is 1. The number of halogens is 3. The number of nitrogens with one attached hydrogen (secondary N) is 1. The second kappa shape index (κ2) is 10.5. The summed E-state index contributed by atoms with van der Waals surface area (Å²) in [5, 5.41) is 3.09. The molecule has 3 N–H and O–H groups in total. The lowest BCUT2D eigenvalue weighted by Crippen LogP contribution is -2.44. The first-order valence-corrected chi connectivity index (χ1v) is 12.9. The van der Waals surface area contributed by atoms with Gasteiger partial charge in [-0.05, 0) is 77.1 Å². The van der Waals surface area contributed by atoms with Crippen LogP contribution in [-0.2, 0) is 23.9 Å². The summed E-state index contributed by atoms with van der Waals surface area (Å²) < 4.78 is 39.2. The first-order chi connectivity index (χ1) is 18.2. The van der Waals surface area contributed by atoms with Gasteiger partial charge in [0.1, 0.15) is 0 Å². The smallest absolute Gasteiger partial charge is 0.370 e. The molecule has 38 heavy (non-hydrogen) atoms. The van der Waals surface area contributed by atoms with Crippen LogP contribution >= 0.6 is 0 Å². The summed E-state index contributed by atoms with van der Waals surface area (Å²) in [4.78, 5) is 26.6. The third-order valence-electron chi connectivity index (χ3n) is 7.45. The van der Waals surface area contributed by atoms with Crippen LogP contribution in [0.1, 0.15) is 65.5 Å². The van der Waals surface area contributed by atoms with E-state index in [0.717, 1.165) is 52.8 Å². The topological polar surface area (TPSA) is 75.4 Å². The fourth-order valence-electron chi connectivity index (χ4n) is 5.29. The van der Waals surface area contributed by atoms with Gasteiger partial charge in [0.05, 0.1) is 11.6 Å². The van der Waals surface area contributed by atoms with Gasteiger partial charge in [0.15, 0.2) is 0 Å². The lowest BCUT2D eigenvalue weighted by atomic mass is 9.86. The molecular formula is C30H30F3N3O2. The summed E-state index contributed by atoms with van der Waals surface area (Å²) in [6, 6.07) is 18.3. The lowest BCUT2D eigenvalue weighted by Gasteiger charge is -2.33. The van der Waals surface area contributed by atoms with Crippen molar-refractivity contribution in [3.05, 3.63) is 94.5 Å². The van der Waals surface area contributed by atoms with Crippen LogP contribution in [0.15, 0.2) is 66.7 Å². The van der Waals surface area contributed by atoms with E-state index in [2.05, 4.69) is 11.4 Å². The summed E-state index contributed by atoms with van der Waals surface area (Å²) in [6.45, 7) is 0.913. The van der Waals surface area contributed by atoms with Gasteiger partial charge in [0, 0.05) is 19.5 Å². The number of nitrogens with two attached hydrogens (primary N) is 1. The van der Waals surface area contributed by atoms with E-state index in [0.29, 0.717) is 31.8 Å². The van der Waals surface area contributed by atoms with E-state index in [1.54, 1.807) is 4.90 Å². The summed E-state index contributed by atoms with van der Waals surface area (Å²) in [5.74, 6) is 0.0398. The average Bonchev–Trinajstić information content (AvgIpc) is 3.75. The number of hydrogen-bond acceptors (Lipinski definition) is 2. The number of amides is 3. The number of primary amides is 1. The SMILES string of the molecule is NC(=O)CC[C@H](NC(=O)N1CCc2c(-c3ccc(C(F)(F)F)cc3)ccc(C3CC3)c2C1)c1ccccc1. The number of alkyl halides is 3. The molecule has 3 aromatic carbocycles. The van der Waals surface area contributed by atoms with E-state index >= 15 is 0 Å². The van der Waals surface area contributed by atoms with Gasteiger partial charge in [-0.3, -0.25) is 4.79 Å². The van der Waals surface area contributed by atoms with Crippen LogP contribution in [0.2, 0.25) is 0 Å². The maximum atomic E-state index is 13.4. The van der Waals surface area contributed by atoms with E-state index in [9.17, 15) is 22.8 Å². The Bertz CT molecular complexity index is 1320. The van der Waals surface area contributed by atoms with Gasteiger partial charge in [-0.25, -0.2) is 4.79 Å². The van der Waals surface area contributed by atoms with Crippen LogP contribution in [0.5, 0.6) is 0 Å². The molecule has 1 heterocycles. The molecule has 0 bridgehead atoms. The molecule has 1 saturated carbocycles. The Hall–Kier alpha value is -3.81. The Morgan fingerprint density at radius 1 is 0.974 bits per heavy atom. The van der Waals surface area contributed by atoms with E-state index in [1.165, 1.54) is 17.7 Å². The Labute approximate surface area is 219 Å². The van der Waals surface area contributed by atoms with Crippen molar-refractivity contribution >= 4 is 11.9 Å². The van der Waals surface area contributed by atoms with Crippen molar-refractivity contribution in [2.75, 3.05) is 6.54 Å². The first kappa shape index (κ1) is 25.8. The van der Waals surface area contributed by atoms with Crippen molar-refractivity contribution < 1.29 is 22.8 Å². The van der Waals surface area contributed by atoms with Crippen molar-refractivity contribution in [3.8, 4) is 11.1 Å². The molecule has 198 valence electrons. The molecule has 5 nitrogen and oxygen atoms in total. The largest absolute Gasteiger partial charge is 0.416 e. The quantitative estimate of drug-likeness (QED) is 0.382. The Balaban J connectivity index is 1.39. The lowest BCUT2D eigenvalue weighted by molar-refractivity contribution is -0.137. The predicted octanol–water partition coefficient (Wildman–Crippen LogP) is 6.32. The van der Waals surface area contributed by atoms with Gasteiger partial charge in [-0.2, -0.15) is 13.2 Å². The maximum absolute atomic E-state index is 13.4. The molecular weight excluding hydrogens is 491 g/mol. The standard InChI is InChI=1S/C30H30F3N3O2/c31-30(32,33)22-10-8-20(9-11-22)23-12-13-24(19-6-7-19)26-18-36(17-16-25(23)26)29(38)35-27(14-15-28(34)37)21-4-2-1-3-5-21/h1-5,8-13,19,27H,6-7,14-18H2,(H2,34,37)(H,35,38)/t27-/m0/s1. The summed E-state index contributed by atoms with van der Waals surface area (Å²) in [7, 11) is 0. The van der Waals surface area contributed by atoms with Gasteiger partial charge < -0.3 is 16.0 Å². The number of carbonyl (C=O) groups is 2. The Morgan fingerprint density at radius 2 is 1.68 bits per heavy atom. The zero-order chi connectivity index (χ0) is 26.9. The highest BCUT2D eigenvalue weighted by Gasteiger charge is 2.33. The average molecular weight is 522 g/mol. The van der Waals surface area contributed by atoms with Gasteiger partial charge in [-0.15, -0.1) is 0 Å². The number of carbonyl (C=O) groups excluding carboxylic acids is 2. The van der Waals surface area contributed by atoms with E-state index in [1.807, 2.05) is 36.4 Å². The fraction of sp³-hybridized carbons (Fsp3) is 0.333. The molecule has 0 aromatic heterocycles. The van der Waals surface area contributed by atoms with Crippen LogP contribution in [0.25, 0.3) is 11.1 Å². The van der Waals surface area contributed by atoms with Gasteiger partial charge in [0.2, 0.25) is 5.91 Å². The van der Waals surface area contributed by atoms with Crippen molar-refractivity contribution in [3.63, 3.8) is 0 Å². The van der Waals surface area contributed by atoms with Crippen molar-refractivity contribution in [2.24, 2.45) is 5.73 Å². The van der Waals surface area contributed by atoms with E-state index in [-0.39, 0.29) is 18.5 Å². The fourth-order valence-corrected chi connectivity index (χ4v) is 5.29. The van der Waals surface area contributed by atoms with Crippen molar-refractivity contribution in [1.82, 2.24) is 10.2 Å². The molecule has 0 spiro atoms. The zero-order valence-electron chi connectivity index (χ0n) is 20.9. The Morgan fingerprint density at radius 3 is 2.32 bits per heavy atom. The molecule has 2 aliphatic rings. The van der Waals surface area contributed by atoms with Gasteiger partial charge in [0.25, 0.3) is 0 Å². The van der Waals surface area contributed by atoms with Crippen molar-refractivity contribution in [1.29, 1.82) is 0 Å². The summed E-state index contributed by atoms with van der Waals surface area (Å²) in [6.07, 6.45) is -1.01. The predicted molar refractivity (Wildman–Crippen MR) is 139 cm³/mol. The molecule has 1 atom stereocenters. The maximum Gasteiger partial charge on any atom is 0.416 e. The van der Waals surface area contributed by atoms with Crippen LogP contribution in [-0.4, -0.2) is 23.4 Å². The Kier molecular flexibility index (Phi) is 7.15. The molecule has 1 fully saturated rings. The minimum Gasteiger partial charge on any atom is -0.370 e. The molecule has 0 unspecified atom stereocenters.